The predicted octanol–water partition coefficient (Wildman–Crippen LogP) is 4.65. The molecule has 0 amide bonds. The Labute approximate surface area is 153 Å². The van der Waals surface area contributed by atoms with Crippen molar-refractivity contribution >= 4 is 34.3 Å². The number of hydrogen-bond donors (Lipinski definition) is 0. The molecule has 0 bridgehead atoms. The van der Waals surface area contributed by atoms with Gasteiger partial charge in [0.25, 0.3) is 0 Å². The fraction of sp³-hybridized carbons (Fsp3) is 0.190. The molecule has 1 saturated heterocycles. The zero-order valence-electron chi connectivity index (χ0n) is 14.0. The molecule has 0 radical (unpaired) electrons. The van der Waals surface area contributed by atoms with Gasteiger partial charge < -0.3 is 4.90 Å². The van der Waals surface area contributed by atoms with Crippen molar-refractivity contribution in [2.75, 3.05) is 31.1 Å². The summed E-state index contributed by atoms with van der Waals surface area (Å²) in [5, 5.41) is 10.1. The number of anilines is 1. The van der Waals surface area contributed by atoms with Crippen molar-refractivity contribution in [3.63, 3.8) is 0 Å². The summed E-state index contributed by atoms with van der Waals surface area (Å²) in [5.74, 6) is 0. The predicted molar refractivity (Wildman–Crippen MR) is 107 cm³/mol. The molecular formula is C21H20ClN3. The van der Waals surface area contributed by atoms with Gasteiger partial charge in [0.05, 0.1) is 19.3 Å². The van der Waals surface area contributed by atoms with E-state index in [-0.39, 0.29) is 0 Å². The summed E-state index contributed by atoms with van der Waals surface area (Å²) in [4.78, 5) is 2.38. The van der Waals surface area contributed by atoms with Crippen LogP contribution in [0.1, 0.15) is 5.56 Å². The second-order valence-corrected chi connectivity index (χ2v) is 6.67. The lowest BCUT2D eigenvalue weighted by molar-refractivity contribution is 0.272. The molecule has 1 fully saturated rings. The van der Waals surface area contributed by atoms with Crippen LogP contribution in [0.4, 0.5) is 5.69 Å². The van der Waals surface area contributed by atoms with Gasteiger partial charge in [0.1, 0.15) is 0 Å². The minimum atomic E-state index is 0.780. The molecule has 126 valence electrons. The lowest BCUT2D eigenvalue weighted by atomic mass is 10.1. The van der Waals surface area contributed by atoms with Gasteiger partial charge in [0.2, 0.25) is 0 Å². The molecule has 3 aromatic rings. The molecule has 0 aliphatic carbocycles. The van der Waals surface area contributed by atoms with Crippen LogP contribution in [0.2, 0.25) is 5.02 Å². The summed E-state index contributed by atoms with van der Waals surface area (Å²) in [7, 11) is 0. The van der Waals surface area contributed by atoms with Crippen LogP contribution in [0.5, 0.6) is 0 Å². The van der Waals surface area contributed by atoms with E-state index in [1.54, 1.807) is 0 Å². The van der Waals surface area contributed by atoms with E-state index in [0.717, 1.165) is 31.2 Å². The van der Waals surface area contributed by atoms with Gasteiger partial charge in [-0.05, 0) is 35.0 Å². The van der Waals surface area contributed by atoms with Crippen molar-refractivity contribution in [3.8, 4) is 0 Å². The number of hydrogen-bond acceptors (Lipinski definition) is 3. The minimum Gasteiger partial charge on any atom is -0.368 e. The molecule has 0 spiro atoms. The van der Waals surface area contributed by atoms with Gasteiger partial charge in [0, 0.05) is 29.4 Å². The van der Waals surface area contributed by atoms with Gasteiger partial charge in [0.15, 0.2) is 0 Å². The molecular weight excluding hydrogens is 330 g/mol. The smallest absolute Gasteiger partial charge is 0.0549 e. The Morgan fingerprint density at radius 2 is 1.52 bits per heavy atom. The minimum absolute atomic E-state index is 0.780. The Hall–Kier alpha value is -2.52. The van der Waals surface area contributed by atoms with Crippen molar-refractivity contribution in [3.05, 3.63) is 77.3 Å². The summed E-state index contributed by atoms with van der Waals surface area (Å²) >= 11 is 5.97. The molecule has 25 heavy (non-hydrogen) atoms. The Morgan fingerprint density at radius 1 is 0.800 bits per heavy atom. The lowest BCUT2D eigenvalue weighted by Gasteiger charge is -2.34. The zero-order chi connectivity index (χ0) is 17.1. The van der Waals surface area contributed by atoms with Crippen molar-refractivity contribution < 1.29 is 0 Å². The largest absolute Gasteiger partial charge is 0.368 e. The molecule has 3 nitrogen and oxygen atoms in total. The SMILES string of the molecule is Clc1ccc(N2CCN(N=Cc3cccc4ccccc34)CC2)cc1. The maximum Gasteiger partial charge on any atom is 0.0549 e. The zero-order valence-corrected chi connectivity index (χ0v) is 14.7. The third kappa shape index (κ3) is 3.62. The first-order chi connectivity index (χ1) is 12.3. The molecule has 0 unspecified atom stereocenters. The molecule has 1 aliphatic heterocycles. The first-order valence-corrected chi connectivity index (χ1v) is 8.95. The number of nitrogens with zero attached hydrogens (tertiary/aromatic N) is 3. The average molecular weight is 350 g/mol. The van der Waals surface area contributed by atoms with Gasteiger partial charge in [-0.25, -0.2) is 0 Å². The van der Waals surface area contributed by atoms with Crippen LogP contribution >= 0.6 is 11.6 Å². The quantitative estimate of drug-likeness (QED) is 0.641. The molecule has 1 heterocycles. The first-order valence-electron chi connectivity index (χ1n) is 8.57. The highest BCUT2D eigenvalue weighted by molar-refractivity contribution is 6.30. The van der Waals surface area contributed by atoms with Crippen LogP contribution < -0.4 is 4.90 Å². The van der Waals surface area contributed by atoms with Gasteiger partial charge in [-0.2, -0.15) is 5.10 Å². The molecule has 4 rings (SSSR count). The van der Waals surface area contributed by atoms with Crippen LogP contribution in [0.25, 0.3) is 10.8 Å². The Balaban J connectivity index is 1.43. The van der Waals surface area contributed by atoms with Crippen molar-refractivity contribution in [2.45, 2.75) is 0 Å². The Kier molecular flexibility index (Phi) is 4.57. The number of rotatable bonds is 3. The average Bonchev–Trinajstić information content (AvgIpc) is 2.67. The van der Waals surface area contributed by atoms with Crippen LogP contribution in [0.3, 0.4) is 0 Å². The fourth-order valence-corrected chi connectivity index (χ4v) is 3.35. The highest BCUT2D eigenvalue weighted by atomic mass is 35.5. The maximum absolute atomic E-state index is 5.97. The summed E-state index contributed by atoms with van der Waals surface area (Å²) in [5.41, 5.74) is 2.39. The second-order valence-electron chi connectivity index (χ2n) is 6.23. The Morgan fingerprint density at radius 3 is 2.32 bits per heavy atom. The molecule has 1 aliphatic rings. The molecule has 0 saturated carbocycles. The number of halogens is 1. The van der Waals surface area contributed by atoms with E-state index in [1.807, 2.05) is 18.3 Å². The third-order valence-corrected chi connectivity index (χ3v) is 4.88. The van der Waals surface area contributed by atoms with Gasteiger partial charge in [-0.3, -0.25) is 5.01 Å². The van der Waals surface area contributed by atoms with E-state index in [2.05, 4.69) is 64.5 Å². The van der Waals surface area contributed by atoms with E-state index < -0.39 is 0 Å². The fourth-order valence-electron chi connectivity index (χ4n) is 3.23. The van der Waals surface area contributed by atoms with E-state index in [0.29, 0.717) is 0 Å². The molecule has 0 atom stereocenters. The molecule has 3 aromatic carbocycles. The summed E-state index contributed by atoms with van der Waals surface area (Å²) in [6.07, 6.45) is 1.99. The third-order valence-electron chi connectivity index (χ3n) is 4.63. The first kappa shape index (κ1) is 16.0. The van der Waals surface area contributed by atoms with Crippen LogP contribution in [0, 0.1) is 0 Å². The van der Waals surface area contributed by atoms with Crippen molar-refractivity contribution in [2.24, 2.45) is 5.10 Å². The van der Waals surface area contributed by atoms with Crippen LogP contribution in [-0.2, 0) is 0 Å². The number of piperazine rings is 1. The van der Waals surface area contributed by atoms with Gasteiger partial charge in [-0.15, -0.1) is 0 Å². The summed E-state index contributed by atoms with van der Waals surface area (Å²) < 4.78 is 0. The number of hydrazone groups is 1. The standard InChI is InChI=1S/C21H20ClN3/c22-19-8-10-20(11-9-19)24-12-14-25(15-13-24)23-16-18-6-3-5-17-4-1-2-7-21(17)18/h1-11,16H,12-15H2. The van der Waals surface area contributed by atoms with E-state index in [9.17, 15) is 0 Å². The molecule has 0 N–H and O–H groups in total. The highest BCUT2D eigenvalue weighted by Crippen LogP contribution is 2.20. The summed E-state index contributed by atoms with van der Waals surface area (Å²) in [6.45, 7) is 3.77. The summed E-state index contributed by atoms with van der Waals surface area (Å²) in [6, 6.07) is 22.8. The van der Waals surface area contributed by atoms with Crippen LogP contribution in [-0.4, -0.2) is 37.4 Å². The van der Waals surface area contributed by atoms with E-state index in [4.69, 9.17) is 16.7 Å². The van der Waals surface area contributed by atoms with E-state index in [1.165, 1.54) is 22.0 Å². The highest BCUT2D eigenvalue weighted by Gasteiger charge is 2.15. The van der Waals surface area contributed by atoms with Gasteiger partial charge in [-0.1, -0.05) is 54.1 Å². The second kappa shape index (κ2) is 7.16. The number of fused-ring (bicyclic) bond motifs is 1. The lowest BCUT2D eigenvalue weighted by Crippen LogP contribution is -2.44. The van der Waals surface area contributed by atoms with Crippen molar-refractivity contribution in [1.82, 2.24) is 5.01 Å². The maximum atomic E-state index is 5.97. The molecule has 4 heteroatoms. The molecule has 0 aromatic heterocycles. The van der Waals surface area contributed by atoms with Crippen LogP contribution in [0.15, 0.2) is 71.8 Å². The van der Waals surface area contributed by atoms with E-state index >= 15 is 0 Å². The monoisotopic (exact) mass is 349 g/mol. The normalized spacial score (nSPS) is 15.2. The van der Waals surface area contributed by atoms with Crippen molar-refractivity contribution in [1.29, 1.82) is 0 Å². The topological polar surface area (TPSA) is 18.8 Å². The van der Waals surface area contributed by atoms with Gasteiger partial charge >= 0.3 is 0 Å². The Bertz CT molecular complexity index is 876. The number of benzene rings is 3.